The molecule has 29 heavy (non-hydrogen) atoms. The number of hydrogen-bond acceptors (Lipinski definition) is 7. The first kappa shape index (κ1) is 22.7. The van der Waals surface area contributed by atoms with E-state index in [9.17, 15) is 9.90 Å². The number of anilines is 1. The molecule has 0 spiro atoms. The zero-order chi connectivity index (χ0) is 20.1. The summed E-state index contributed by atoms with van der Waals surface area (Å²) >= 11 is 1.59. The first-order valence-corrected chi connectivity index (χ1v) is 9.77. The van der Waals surface area contributed by atoms with Gasteiger partial charge in [-0.15, -0.1) is 0 Å². The smallest absolute Gasteiger partial charge is 0.339 e. The van der Waals surface area contributed by atoms with Crippen molar-refractivity contribution >= 4 is 23.1 Å². The largest absolute Gasteiger partial charge is 1.00 e. The summed E-state index contributed by atoms with van der Waals surface area (Å²) in [6.45, 7) is 4.61. The molecule has 3 aromatic rings. The van der Waals surface area contributed by atoms with Crippen molar-refractivity contribution in [3.8, 4) is 0 Å². The van der Waals surface area contributed by atoms with E-state index in [0.29, 0.717) is 30.2 Å². The molecule has 0 saturated heterocycles. The summed E-state index contributed by atoms with van der Waals surface area (Å²) in [7, 11) is 0. The number of halogens is 1. The number of benzene rings is 1. The molecule has 0 saturated carbocycles. The number of hydrogen-bond donors (Lipinski definition) is 2. The van der Waals surface area contributed by atoms with Gasteiger partial charge >= 0.3 is 5.97 Å². The summed E-state index contributed by atoms with van der Waals surface area (Å²) in [6, 6.07) is 8.75. The van der Waals surface area contributed by atoms with E-state index in [2.05, 4.69) is 14.5 Å². The first-order chi connectivity index (χ1) is 13.5. The van der Waals surface area contributed by atoms with Gasteiger partial charge in [0.15, 0.2) is 18.3 Å². The van der Waals surface area contributed by atoms with Crippen molar-refractivity contribution < 1.29 is 31.6 Å². The van der Waals surface area contributed by atoms with Gasteiger partial charge in [-0.3, -0.25) is 0 Å². The Morgan fingerprint density at radius 2 is 2.03 bits per heavy atom. The van der Waals surface area contributed by atoms with Gasteiger partial charge in [0.1, 0.15) is 11.6 Å². The Balaban J connectivity index is 0.00000300. The zero-order valence-electron chi connectivity index (χ0n) is 16.2. The third-order valence-electron chi connectivity index (χ3n) is 4.43. The van der Waals surface area contributed by atoms with Crippen LogP contribution in [0.5, 0.6) is 0 Å². The Labute approximate surface area is 179 Å². The van der Waals surface area contributed by atoms with Gasteiger partial charge in [0, 0.05) is 19.5 Å². The highest BCUT2D eigenvalue weighted by molar-refractivity contribution is 7.09. The van der Waals surface area contributed by atoms with E-state index in [4.69, 9.17) is 10.5 Å². The van der Waals surface area contributed by atoms with Gasteiger partial charge < -0.3 is 28.0 Å². The van der Waals surface area contributed by atoms with Gasteiger partial charge in [-0.1, -0.05) is 41.7 Å². The maximum Gasteiger partial charge on any atom is 0.339 e. The van der Waals surface area contributed by atoms with Gasteiger partial charge in [-0.25, -0.2) is 14.8 Å². The van der Waals surface area contributed by atoms with Crippen molar-refractivity contribution in [1.29, 1.82) is 0 Å². The lowest BCUT2D eigenvalue weighted by Gasteiger charge is -2.10. The maximum absolute atomic E-state index is 12.0. The number of nitrogens with zero attached hydrogens (tertiary/aromatic N) is 3. The molecule has 3 rings (SSSR count). The van der Waals surface area contributed by atoms with Crippen LogP contribution in [0.15, 0.2) is 42.0 Å². The molecule has 3 N–H and O–H groups in total. The normalized spacial score (nSPS) is 11.6. The minimum Gasteiger partial charge on any atom is -1.00 e. The molecule has 0 aliphatic rings. The fourth-order valence-electron chi connectivity index (χ4n) is 2.76. The summed E-state index contributed by atoms with van der Waals surface area (Å²) in [4.78, 5) is 21.5. The number of nitrogens with two attached hydrogens (primary N) is 1. The highest BCUT2D eigenvalue weighted by atomic mass is 35.5. The van der Waals surface area contributed by atoms with Gasteiger partial charge in [-0.2, -0.15) is 4.57 Å². The Bertz CT molecular complexity index is 966. The average molecular weight is 435 g/mol. The first-order valence-electron chi connectivity index (χ1n) is 8.89. The minimum atomic E-state index is -1.26. The fraction of sp³-hybridized carbons (Fsp3) is 0.300. The monoisotopic (exact) mass is 434 g/mol. The predicted molar refractivity (Wildman–Crippen MR) is 106 cm³/mol. The van der Waals surface area contributed by atoms with E-state index in [1.807, 2.05) is 18.5 Å². The van der Waals surface area contributed by atoms with Crippen LogP contribution in [0.2, 0.25) is 0 Å². The number of aliphatic hydroxyl groups is 1. The standard InChI is InChI=1S/C20H23N4O3S.ClH/c1-13-17(8-9-27-20(26)18(25)15-6-4-3-5-7-15)28-12-24(13)11-16-10-22-14(2)23-19(16)21;/h3-7,10,12,18,25H,8-9,11H2,1-2H3,(H2,21,22,23);1H/q+1;/p-1. The molecule has 0 aliphatic carbocycles. The summed E-state index contributed by atoms with van der Waals surface area (Å²) in [6.07, 6.45) is 1.06. The molecule has 1 atom stereocenters. The van der Waals surface area contributed by atoms with Crippen molar-refractivity contribution in [1.82, 2.24) is 9.97 Å². The molecule has 0 radical (unpaired) electrons. The summed E-state index contributed by atoms with van der Waals surface area (Å²) in [5, 5.41) is 10.1. The molecule has 154 valence electrons. The van der Waals surface area contributed by atoms with Crippen LogP contribution in [0.4, 0.5) is 5.82 Å². The summed E-state index contributed by atoms with van der Waals surface area (Å²) < 4.78 is 7.32. The van der Waals surface area contributed by atoms with E-state index in [-0.39, 0.29) is 19.0 Å². The summed E-state index contributed by atoms with van der Waals surface area (Å²) in [5.74, 6) is 0.488. The molecular formula is C20H23ClN4O3S. The molecule has 0 amide bonds. The fourth-order valence-corrected chi connectivity index (χ4v) is 3.74. The Morgan fingerprint density at radius 3 is 2.72 bits per heavy atom. The van der Waals surface area contributed by atoms with Crippen LogP contribution in [-0.4, -0.2) is 27.7 Å². The van der Waals surface area contributed by atoms with Crippen molar-refractivity contribution in [3.05, 3.63) is 69.6 Å². The number of aliphatic hydroxyl groups excluding tert-OH is 1. The van der Waals surface area contributed by atoms with Crippen LogP contribution in [0, 0.1) is 13.8 Å². The molecule has 7 nitrogen and oxygen atoms in total. The molecule has 1 unspecified atom stereocenters. The molecule has 9 heteroatoms. The van der Waals surface area contributed by atoms with Gasteiger partial charge in [0.2, 0.25) is 5.51 Å². The van der Waals surface area contributed by atoms with E-state index >= 15 is 0 Å². The second-order valence-corrected chi connectivity index (χ2v) is 7.36. The van der Waals surface area contributed by atoms with Crippen LogP contribution >= 0.6 is 11.3 Å². The molecular weight excluding hydrogens is 412 g/mol. The molecule has 1 aromatic carbocycles. The quantitative estimate of drug-likeness (QED) is 0.361. The Hall–Kier alpha value is -2.55. The maximum atomic E-state index is 12.0. The average Bonchev–Trinajstić information content (AvgIpc) is 3.03. The number of thiazole rings is 1. The molecule has 2 aromatic heterocycles. The van der Waals surface area contributed by atoms with Gasteiger partial charge in [0.25, 0.3) is 0 Å². The summed E-state index contributed by atoms with van der Waals surface area (Å²) in [5.41, 5.74) is 10.4. The molecule has 0 fully saturated rings. The third-order valence-corrected chi connectivity index (χ3v) is 5.57. The number of carbonyl (C=O) groups is 1. The minimum absolute atomic E-state index is 0. The van der Waals surface area contributed by atoms with E-state index in [1.165, 1.54) is 0 Å². The van der Waals surface area contributed by atoms with Crippen LogP contribution in [0.1, 0.15) is 33.6 Å². The lowest BCUT2D eigenvalue weighted by atomic mass is 10.1. The topological polar surface area (TPSA) is 102 Å². The van der Waals surface area contributed by atoms with E-state index < -0.39 is 12.1 Å². The highest BCUT2D eigenvalue weighted by Crippen LogP contribution is 2.16. The van der Waals surface area contributed by atoms with Crippen molar-refractivity contribution in [2.75, 3.05) is 12.3 Å². The van der Waals surface area contributed by atoms with Crippen LogP contribution in [0.3, 0.4) is 0 Å². The van der Waals surface area contributed by atoms with Crippen LogP contribution in [-0.2, 0) is 22.5 Å². The van der Waals surface area contributed by atoms with E-state index in [1.54, 1.807) is 48.7 Å². The Morgan fingerprint density at radius 1 is 1.31 bits per heavy atom. The second-order valence-electron chi connectivity index (χ2n) is 6.42. The lowest BCUT2D eigenvalue weighted by Crippen LogP contribution is -3.00. The SMILES string of the molecule is Cc1ncc(C[n+]2csc(CCOC(=O)C(O)c3ccccc3)c2C)c(N)n1.[Cl-]. The lowest BCUT2D eigenvalue weighted by molar-refractivity contribution is -0.689. The van der Waals surface area contributed by atoms with Crippen molar-refractivity contribution in [2.24, 2.45) is 0 Å². The molecule has 0 bridgehead atoms. The van der Waals surface area contributed by atoms with E-state index in [0.717, 1.165) is 16.1 Å². The molecule has 2 heterocycles. The number of ether oxygens (including phenoxy) is 1. The number of rotatable bonds is 7. The van der Waals surface area contributed by atoms with Crippen LogP contribution < -0.4 is 22.7 Å². The van der Waals surface area contributed by atoms with Crippen molar-refractivity contribution in [2.45, 2.75) is 32.9 Å². The number of esters is 1. The number of carbonyl (C=O) groups excluding carboxylic acids is 1. The second kappa shape index (κ2) is 10.3. The molecule has 0 aliphatic heterocycles. The third kappa shape index (κ3) is 5.72. The van der Waals surface area contributed by atoms with Gasteiger partial charge in [-0.05, 0) is 12.5 Å². The van der Waals surface area contributed by atoms with Gasteiger partial charge in [0.05, 0.1) is 17.0 Å². The number of aromatic nitrogens is 3. The Kier molecular flexibility index (Phi) is 8.07. The van der Waals surface area contributed by atoms with Crippen molar-refractivity contribution in [3.63, 3.8) is 0 Å². The van der Waals surface area contributed by atoms with Crippen LogP contribution in [0.25, 0.3) is 0 Å². The predicted octanol–water partition coefficient (Wildman–Crippen LogP) is -1.10. The highest BCUT2D eigenvalue weighted by Gasteiger charge is 2.21. The number of nitrogen functional groups attached to an aromatic ring is 1. The zero-order valence-corrected chi connectivity index (χ0v) is 17.8. The number of aryl methyl sites for hydroxylation is 1.